The fourth-order valence-corrected chi connectivity index (χ4v) is 2.71. The van der Waals surface area contributed by atoms with Gasteiger partial charge in [-0.25, -0.2) is 4.98 Å². The summed E-state index contributed by atoms with van der Waals surface area (Å²) in [7, 11) is 0. The number of hydrogen-bond donors (Lipinski definition) is 4. The molecule has 25 heavy (non-hydrogen) atoms. The van der Waals surface area contributed by atoms with Crippen molar-refractivity contribution in [1.82, 2.24) is 15.0 Å². The summed E-state index contributed by atoms with van der Waals surface area (Å²) in [5.74, 6) is 0.201. The number of nitrogens with two attached hydrogens (primary N) is 1. The highest BCUT2D eigenvalue weighted by Gasteiger charge is 2.12. The highest BCUT2D eigenvalue weighted by atomic mass is 35.5. The molecule has 1 amide bonds. The second kappa shape index (κ2) is 6.70. The average Bonchev–Trinajstić information content (AvgIpc) is 3.21. The summed E-state index contributed by atoms with van der Waals surface area (Å²) in [5.41, 5.74) is 9.56. The molecule has 5 N–H and O–H groups in total. The smallest absolute Gasteiger partial charge is 0.257 e. The first kappa shape index (κ1) is 16.6. The fraction of sp³-hybridized carbons (Fsp3) is 0. The maximum Gasteiger partial charge on any atom is 0.257 e. The second-order valence-electron chi connectivity index (χ2n) is 5.46. The summed E-state index contributed by atoms with van der Waals surface area (Å²) >= 11 is 0. The van der Waals surface area contributed by atoms with Crippen LogP contribution in [0.4, 0.5) is 11.6 Å². The van der Waals surface area contributed by atoms with Gasteiger partial charge < -0.3 is 21.0 Å². The van der Waals surface area contributed by atoms with Gasteiger partial charge in [0.1, 0.15) is 0 Å². The highest BCUT2D eigenvalue weighted by molar-refractivity contribution is 6.12. The third-order valence-corrected chi connectivity index (χ3v) is 3.86. The molecule has 0 spiro atoms. The Morgan fingerprint density at radius 3 is 2.76 bits per heavy atom. The molecular formula is C18H16ClN5O. The van der Waals surface area contributed by atoms with Crippen molar-refractivity contribution in [2.75, 3.05) is 11.1 Å². The molecule has 2 aromatic carbocycles. The van der Waals surface area contributed by atoms with Crippen molar-refractivity contribution in [1.29, 1.82) is 0 Å². The minimum Gasteiger partial charge on any atom is -0.369 e. The number of benzene rings is 2. The van der Waals surface area contributed by atoms with Crippen molar-refractivity contribution in [3.05, 3.63) is 66.5 Å². The van der Waals surface area contributed by atoms with Crippen molar-refractivity contribution in [2.24, 2.45) is 0 Å². The lowest BCUT2D eigenvalue weighted by molar-refractivity contribution is 0.102. The van der Waals surface area contributed by atoms with Crippen molar-refractivity contribution in [3.63, 3.8) is 0 Å². The lowest BCUT2D eigenvalue weighted by Crippen LogP contribution is -2.11. The van der Waals surface area contributed by atoms with Gasteiger partial charge in [0, 0.05) is 28.4 Å². The van der Waals surface area contributed by atoms with Gasteiger partial charge in [-0.05, 0) is 18.2 Å². The van der Waals surface area contributed by atoms with Gasteiger partial charge in [-0.15, -0.1) is 12.4 Å². The molecule has 0 radical (unpaired) electrons. The van der Waals surface area contributed by atoms with E-state index in [0.717, 1.165) is 22.2 Å². The summed E-state index contributed by atoms with van der Waals surface area (Å²) < 4.78 is 0. The standard InChI is InChI=1S/C18H15N5O.ClH/c19-18-21-10-16(23-18)11-4-3-5-12(8-11)22-17(24)14-9-20-15-7-2-1-6-13(14)15;/h1-10,20H,(H,22,24)(H3,19,21,23);1H. The molecule has 0 atom stereocenters. The Bertz CT molecular complexity index is 1040. The van der Waals surface area contributed by atoms with Gasteiger partial charge in [-0.2, -0.15) is 0 Å². The Hall–Kier alpha value is -3.25. The highest BCUT2D eigenvalue weighted by Crippen LogP contribution is 2.23. The first-order valence-electron chi connectivity index (χ1n) is 7.49. The third-order valence-electron chi connectivity index (χ3n) is 3.86. The summed E-state index contributed by atoms with van der Waals surface area (Å²) in [6, 6.07) is 15.2. The van der Waals surface area contributed by atoms with Crippen LogP contribution in [0.25, 0.3) is 22.2 Å². The van der Waals surface area contributed by atoms with Crippen molar-refractivity contribution in [2.45, 2.75) is 0 Å². The van der Waals surface area contributed by atoms with Crippen LogP contribution < -0.4 is 11.1 Å². The molecule has 4 aromatic rings. The molecule has 0 unspecified atom stereocenters. The number of rotatable bonds is 3. The number of aromatic nitrogens is 3. The number of aromatic amines is 2. The molecular weight excluding hydrogens is 338 g/mol. The quantitative estimate of drug-likeness (QED) is 0.450. The maximum absolute atomic E-state index is 12.6. The van der Waals surface area contributed by atoms with Gasteiger partial charge in [-0.1, -0.05) is 30.3 Å². The van der Waals surface area contributed by atoms with E-state index < -0.39 is 0 Å². The van der Waals surface area contributed by atoms with Crippen LogP contribution in [0.1, 0.15) is 10.4 Å². The number of carbonyl (C=O) groups is 1. The van der Waals surface area contributed by atoms with E-state index in [9.17, 15) is 4.79 Å². The zero-order valence-corrected chi connectivity index (χ0v) is 13.9. The molecule has 0 bridgehead atoms. The molecule has 2 aromatic heterocycles. The predicted molar refractivity (Wildman–Crippen MR) is 102 cm³/mol. The topological polar surface area (TPSA) is 99.6 Å². The number of anilines is 2. The number of imidazole rings is 1. The number of nitrogens with zero attached hydrogens (tertiary/aromatic N) is 1. The minimum atomic E-state index is -0.159. The van der Waals surface area contributed by atoms with Crippen LogP contribution in [0, 0.1) is 0 Å². The van der Waals surface area contributed by atoms with Crippen LogP contribution in [0.3, 0.4) is 0 Å². The van der Waals surface area contributed by atoms with Crippen LogP contribution >= 0.6 is 12.4 Å². The zero-order valence-electron chi connectivity index (χ0n) is 13.1. The van der Waals surface area contributed by atoms with Crippen LogP contribution in [0.15, 0.2) is 60.9 Å². The number of nitrogen functional groups attached to an aromatic ring is 1. The average molecular weight is 354 g/mol. The number of nitrogens with one attached hydrogen (secondary N) is 3. The Morgan fingerprint density at radius 1 is 1.12 bits per heavy atom. The van der Waals surface area contributed by atoms with E-state index >= 15 is 0 Å². The fourth-order valence-electron chi connectivity index (χ4n) is 2.71. The molecule has 0 aliphatic heterocycles. The minimum absolute atomic E-state index is 0. The Kier molecular flexibility index (Phi) is 4.45. The third kappa shape index (κ3) is 3.20. The molecule has 0 saturated carbocycles. The lowest BCUT2D eigenvalue weighted by Gasteiger charge is -2.06. The molecule has 2 heterocycles. The van der Waals surface area contributed by atoms with E-state index in [1.807, 2.05) is 48.5 Å². The van der Waals surface area contributed by atoms with Crippen LogP contribution in [-0.4, -0.2) is 20.9 Å². The number of amides is 1. The van der Waals surface area contributed by atoms with Gasteiger partial charge in [0.15, 0.2) is 5.95 Å². The van der Waals surface area contributed by atoms with Gasteiger partial charge in [0.05, 0.1) is 17.5 Å². The number of carbonyl (C=O) groups excluding carboxylic acids is 1. The summed E-state index contributed by atoms with van der Waals surface area (Å²) in [6.07, 6.45) is 3.38. The molecule has 126 valence electrons. The molecule has 4 rings (SSSR count). The normalized spacial score (nSPS) is 10.4. The molecule has 0 fully saturated rings. The number of halogens is 1. The molecule has 0 aliphatic rings. The first-order valence-corrected chi connectivity index (χ1v) is 7.49. The molecule has 0 aliphatic carbocycles. The Balaban J connectivity index is 0.00000182. The monoisotopic (exact) mass is 353 g/mol. The predicted octanol–water partition coefficient (Wildman–Crippen LogP) is 3.81. The van der Waals surface area contributed by atoms with Crippen molar-refractivity contribution >= 4 is 40.9 Å². The van der Waals surface area contributed by atoms with Gasteiger partial charge in [0.25, 0.3) is 5.91 Å². The SMILES string of the molecule is Cl.Nc1ncc(-c2cccc(NC(=O)c3c[nH]c4ccccc34)c2)[nH]1. The largest absolute Gasteiger partial charge is 0.369 e. The van der Waals surface area contributed by atoms with E-state index in [2.05, 4.69) is 20.3 Å². The van der Waals surface area contributed by atoms with E-state index in [1.54, 1.807) is 12.4 Å². The number of hydrogen-bond acceptors (Lipinski definition) is 3. The van der Waals surface area contributed by atoms with Crippen molar-refractivity contribution in [3.8, 4) is 11.3 Å². The zero-order chi connectivity index (χ0) is 16.5. The van der Waals surface area contributed by atoms with E-state index in [-0.39, 0.29) is 18.3 Å². The second-order valence-corrected chi connectivity index (χ2v) is 5.46. The summed E-state index contributed by atoms with van der Waals surface area (Å²) in [5, 5.41) is 3.82. The van der Waals surface area contributed by atoms with E-state index in [0.29, 0.717) is 17.2 Å². The van der Waals surface area contributed by atoms with Crippen LogP contribution in [0.5, 0.6) is 0 Å². The molecule has 6 nitrogen and oxygen atoms in total. The van der Waals surface area contributed by atoms with Crippen molar-refractivity contribution < 1.29 is 4.79 Å². The summed E-state index contributed by atoms with van der Waals surface area (Å²) in [6.45, 7) is 0. The van der Waals surface area contributed by atoms with E-state index in [1.165, 1.54) is 0 Å². The lowest BCUT2D eigenvalue weighted by atomic mass is 10.1. The molecule has 0 saturated heterocycles. The van der Waals surface area contributed by atoms with Gasteiger partial charge in [-0.3, -0.25) is 4.79 Å². The van der Waals surface area contributed by atoms with Crippen LogP contribution in [0.2, 0.25) is 0 Å². The Morgan fingerprint density at radius 2 is 1.96 bits per heavy atom. The number of para-hydroxylation sites is 1. The molecule has 7 heteroatoms. The first-order chi connectivity index (χ1) is 11.7. The van der Waals surface area contributed by atoms with Gasteiger partial charge in [0.2, 0.25) is 0 Å². The summed E-state index contributed by atoms with van der Waals surface area (Å²) in [4.78, 5) is 22.6. The van der Waals surface area contributed by atoms with Crippen LogP contribution in [-0.2, 0) is 0 Å². The maximum atomic E-state index is 12.6. The Labute approximate surface area is 149 Å². The van der Waals surface area contributed by atoms with E-state index in [4.69, 9.17) is 5.73 Å². The van der Waals surface area contributed by atoms with Gasteiger partial charge >= 0.3 is 0 Å². The number of fused-ring (bicyclic) bond motifs is 1. The number of H-pyrrole nitrogens is 2.